The number of carbonyl (C=O) groups excluding carboxylic acids is 1. The molecule has 1 unspecified atom stereocenters. The van der Waals surface area contributed by atoms with Crippen LogP contribution in [0.15, 0.2) is 36.4 Å². The predicted octanol–water partition coefficient (Wildman–Crippen LogP) is 2.29. The monoisotopic (exact) mass is 356 g/mol. The van der Waals surface area contributed by atoms with Crippen LogP contribution in [0.25, 0.3) is 0 Å². The number of phenolic OH excluding ortho intramolecular Hbond substituents is 1. The van der Waals surface area contributed by atoms with Gasteiger partial charge < -0.3 is 25.6 Å². The van der Waals surface area contributed by atoms with Gasteiger partial charge in [0.25, 0.3) is 5.91 Å². The number of carbonyl (C=O) groups is 1. The number of anilines is 1. The van der Waals surface area contributed by atoms with Crippen LogP contribution in [-0.2, 0) is 11.2 Å². The first kappa shape index (κ1) is 18.2. The molecule has 3 rings (SSSR count). The highest BCUT2D eigenvalue weighted by Crippen LogP contribution is 2.38. The number of fused-ring (bicyclic) bond motifs is 1. The zero-order chi connectivity index (χ0) is 18.5. The third-order valence-electron chi connectivity index (χ3n) is 4.36. The molecule has 0 radical (unpaired) electrons. The summed E-state index contributed by atoms with van der Waals surface area (Å²) < 4.78 is 5.43. The highest BCUT2D eigenvalue weighted by Gasteiger charge is 2.24. The number of nitrogens with one attached hydrogen (secondary N) is 2. The number of aliphatic hydroxyl groups is 1. The molecule has 0 aromatic heterocycles. The average molecular weight is 356 g/mol. The molecular weight excluding hydrogens is 332 g/mol. The highest BCUT2D eigenvalue weighted by atomic mass is 16.5. The van der Waals surface area contributed by atoms with Gasteiger partial charge in [0.1, 0.15) is 11.5 Å². The Kier molecular flexibility index (Phi) is 5.75. The summed E-state index contributed by atoms with van der Waals surface area (Å²) in [5, 5.41) is 26.1. The first-order valence-corrected chi connectivity index (χ1v) is 8.77. The molecule has 1 amide bonds. The third-order valence-corrected chi connectivity index (χ3v) is 4.36. The number of aromatic hydroxyl groups is 1. The highest BCUT2D eigenvalue weighted by molar-refractivity contribution is 5.96. The summed E-state index contributed by atoms with van der Waals surface area (Å²) >= 11 is 0. The van der Waals surface area contributed by atoms with Crippen LogP contribution < -0.4 is 15.4 Å². The van der Waals surface area contributed by atoms with Gasteiger partial charge in [-0.05, 0) is 37.9 Å². The minimum Gasteiger partial charge on any atom is -0.508 e. The fraction of sp³-hybridized carbons (Fsp3) is 0.350. The second-order valence-electron chi connectivity index (χ2n) is 6.56. The van der Waals surface area contributed by atoms with E-state index in [1.807, 2.05) is 0 Å². The molecule has 1 heterocycles. The summed E-state index contributed by atoms with van der Waals surface area (Å²) in [6, 6.07) is 11.4. The minimum atomic E-state index is -0.842. The molecule has 0 aliphatic carbocycles. The van der Waals surface area contributed by atoms with E-state index in [4.69, 9.17) is 4.74 Å². The van der Waals surface area contributed by atoms with Crippen molar-refractivity contribution in [3.8, 4) is 11.5 Å². The zero-order valence-electron chi connectivity index (χ0n) is 14.8. The Morgan fingerprint density at radius 2 is 2.04 bits per heavy atom. The van der Waals surface area contributed by atoms with Crippen molar-refractivity contribution in [1.29, 1.82) is 0 Å². The van der Waals surface area contributed by atoms with E-state index in [0.29, 0.717) is 23.5 Å². The van der Waals surface area contributed by atoms with Gasteiger partial charge in [-0.2, -0.15) is 0 Å². The van der Waals surface area contributed by atoms with Crippen molar-refractivity contribution >= 4 is 11.6 Å². The lowest BCUT2D eigenvalue weighted by Crippen LogP contribution is -2.28. The molecule has 0 saturated carbocycles. The number of phenols is 1. The van der Waals surface area contributed by atoms with E-state index in [1.165, 1.54) is 23.3 Å². The van der Waals surface area contributed by atoms with E-state index in [-0.39, 0.29) is 18.3 Å². The van der Waals surface area contributed by atoms with Crippen molar-refractivity contribution in [1.82, 2.24) is 5.32 Å². The lowest BCUT2D eigenvalue weighted by Gasteiger charge is -2.23. The number of amides is 1. The van der Waals surface area contributed by atoms with Crippen molar-refractivity contribution < 1.29 is 19.7 Å². The molecule has 2 aromatic carbocycles. The summed E-state index contributed by atoms with van der Waals surface area (Å²) in [6.07, 6.45) is 1.09. The standard InChI is InChI=1S/C20H24N2O4/c1-13-4-6-14(7-5-13)3-2-8-21-11-18(24)16-9-15(23)10-17-20(16)26-12-19(25)22-17/h4-7,9-10,18,21,23-24H,2-3,8,11-12H2,1H3,(H,22,25). The number of aliphatic hydroxyl groups excluding tert-OH is 1. The lowest BCUT2D eigenvalue weighted by atomic mass is 10.0. The van der Waals surface area contributed by atoms with Crippen LogP contribution in [0.5, 0.6) is 11.5 Å². The maximum Gasteiger partial charge on any atom is 0.262 e. The topological polar surface area (TPSA) is 90.8 Å². The molecule has 4 N–H and O–H groups in total. The molecule has 1 aliphatic heterocycles. The second kappa shape index (κ2) is 8.21. The first-order chi connectivity index (χ1) is 12.5. The van der Waals surface area contributed by atoms with Crippen LogP contribution in [0.2, 0.25) is 0 Å². The number of hydrogen-bond acceptors (Lipinski definition) is 5. The number of aryl methyl sites for hydroxylation is 2. The quantitative estimate of drug-likeness (QED) is 0.572. The van der Waals surface area contributed by atoms with Gasteiger partial charge in [0.2, 0.25) is 0 Å². The number of rotatable bonds is 7. The van der Waals surface area contributed by atoms with E-state index < -0.39 is 6.10 Å². The fourth-order valence-corrected chi connectivity index (χ4v) is 2.98. The molecular formula is C20H24N2O4. The Morgan fingerprint density at radius 1 is 1.27 bits per heavy atom. The van der Waals surface area contributed by atoms with Crippen LogP contribution in [-0.4, -0.2) is 35.8 Å². The smallest absolute Gasteiger partial charge is 0.262 e. The molecule has 0 fully saturated rings. The van der Waals surface area contributed by atoms with Crippen molar-refractivity contribution in [2.24, 2.45) is 0 Å². The van der Waals surface area contributed by atoms with Gasteiger partial charge in [-0.15, -0.1) is 0 Å². The number of benzene rings is 2. The van der Waals surface area contributed by atoms with Crippen LogP contribution in [0.3, 0.4) is 0 Å². The van der Waals surface area contributed by atoms with Crippen molar-refractivity contribution in [2.45, 2.75) is 25.9 Å². The molecule has 1 aliphatic rings. The molecule has 1 atom stereocenters. The summed E-state index contributed by atoms with van der Waals surface area (Å²) in [6.45, 7) is 3.08. The minimum absolute atomic E-state index is 0.0250. The lowest BCUT2D eigenvalue weighted by molar-refractivity contribution is -0.118. The van der Waals surface area contributed by atoms with E-state index in [2.05, 4.69) is 41.8 Å². The van der Waals surface area contributed by atoms with Crippen LogP contribution in [0.4, 0.5) is 5.69 Å². The van der Waals surface area contributed by atoms with Crippen molar-refractivity contribution in [2.75, 3.05) is 25.0 Å². The first-order valence-electron chi connectivity index (χ1n) is 8.77. The maximum absolute atomic E-state index is 11.4. The van der Waals surface area contributed by atoms with Crippen molar-refractivity contribution in [3.63, 3.8) is 0 Å². The Labute approximate surface area is 152 Å². The third kappa shape index (κ3) is 4.53. The van der Waals surface area contributed by atoms with E-state index in [0.717, 1.165) is 19.4 Å². The van der Waals surface area contributed by atoms with Crippen molar-refractivity contribution in [3.05, 3.63) is 53.1 Å². The van der Waals surface area contributed by atoms with Gasteiger partial charge in [0, 0.05) is 18.2 Å². The van der Waals surface area contributed by atoms with Gasteiger partial charge in [-0.1, -0.05) is 29.8 Å². The van der Waals surface area contributed by atoms with Gasteiger partial charge >= 0.3 is 0 Å². The summed E-state index contributed by atoms with van der Waals surface area (Å²) in [5.41, 5.74) is 3.40. The Hall–Kier alpha value is -2.57. The zero-order valence-corrected chi connectivity index (χ0v) is 14.8. The van der Waals surface area contributed by atoms with Gasteiger partial charge in [-0.25, -0.2) is 0 Å². The largest absolute Gasteiger partial charge is 0.508 e. The normalized spacial score (nSPS) is 14.3. The molecule has 0 spiro atoms. The molecule has 6 heteroatoms. The average Bonchev–Trinajstić information content (AvgIpc) is 2.61. The maximum atomic E-state index is 11.4. The Morgan fingerprint density at radius 3 is 2.81 bits per heavy atom. The molecule has 2 aromatic rings. The Balaban J connectivity index is 1.51. The molecule has 138 valence electrons. The predicted molar refractivity (Wildman–Crippen MR) is 99.6 cm³/mol. The van der Waals surface area contributed by atoms with E-state index >= 15 is 0 Å². The number of ether oxygens (including phenoxy) is 1. The summed E-state index contributed by atoms with van der Waals surface area (Å²) in [4.78, 5) is 11.4. The number of hydrogen-bond donors (Lipinski definition) is 4. The summed E-state index contributed by atoms with van der Waals surface area (Å²) in [5.74, 6) is 0.108. The van der Waals surface area contributed by atoms with E-state index in [9.17, 15) is 15.0 Å². The van der Waals surface area contributed by atoms with Crippen LogP contribution in [0, 0.1) is 6.92 Å². The fourth-order valence-electron chi connectivity index (χ4n) is 2.98. The molecule has 26 heavy (non-hydrogen) atoms. The molecule has 6 nitrogen and oxygen atoms in total. The van der Waals surface area contributed by atoms with E-state index in [1.54, 1.807) is 0 Å². The van der Waals surface area contributed by atoms with Gasteiger partial charge in [-0.3, -0.25) is 4.79 Å². The molecule has 0 saturated heterocycles. The Bertz CT molecular complexity index is 774. The van der Waals surface area contributed by atoms with Gasteiger partial charge in [0.05, 0.1) is 11.8 Å². The second-order valence-corrected chi connectivity index (χ2v) is 6.56. The summed E-state index contributed by atoms with van der Waals surface area (Å²) in [7, 11) is 0. The molecule has 0 bridgehead atoms. The van der Waals surface area contributed by atoms with Crippen LogP contribution >= 0.6 is 0 Å². The van der Waals surface area contributed by atoms with Gasteiger partial charge in [0.15, 0.2) is 6.61 Å². The van der Waals surface area contributed by atoms with Crippen LogP contribution in [0.1, 0.15) is 29.2 Å². The SMILES string of the molecule is Cc1ccc(CCCNCC(O)c2cc(O)cc3c2OCC(=O)N3)cc1.